The van der Waals surface area contributed by atoms with Crippen molar-refractivity contribution in [1.29, 1.82) is 0 Å². The van der Waals surface area contributed by atoms with Crippen LogP contribution in [0.15, 0.2) is 78.6 Å². The summed E-state index contributed by atoms with van der Waals surface area (Å²) in [6.07, 6.45) is 0.939. The average Bonchev–Trinajstić information content (AvgIpc) is 2.87. The summed E-state index contributed by atoms with van der Waals surface area (Å²) in [7, 11) is -19.1. The molecule has 0 saturated carbocycles. The van der Waals surface area contributed by atoms with E-state index in [-0.39, 0.29) is 27.9 Å². The Hall–Kier alpha value is -3.63. The highest BCUT2D eigenvalue weighted by Crippen LogP contribution is 2.36. The van der Waals surface area contributed by atoms with Gasteiger partial charge in [-0.1, -0.05) is 11.6 Å². The van der Waals surface area contributed by atoms with Crippen molar-refractivity contribution in [2.75, 3.05) is 11.6 Å². The minimum atomic E-state index is -5.19. The molecule has 228 valence electrons. The van der Waals surface area contributed by atoms with E-state index in [4.69, 9.17) is 11.6 Å². The van der Waals surface area contributed by atoms with Gasteiger partial charge >= 0.3 is 0 Å². The largest absolute Gasteiger partial charge is 0.339 e. The molecule has 4 rings (SSSR count). The van der Waals surface area contributed by atoms with Crippen molar-refractivity contribution in [3.8, 4) is 0 Å². The summed E-state index contributed by atoms with van der Waals surface area (Å²) >= 11 is 6.20. The maximum atomic E-state index is 12.1. The molecule has 0 aliphatic carbocycles. The maximum absolute atomic E-state index is 12.1. The summed E-state index contributed by atoms with van der Waals surface area (Å²) in [6.45, 7) is 1.50. The number of fused-ring (bicyclic) bond motifs is 1. The predicted molar refractivity (Wildman–Crippen MR) is 152 cm³/mol. The molecule has 0 aliphatic rings. The van der Waals surface area contributed by atoms with Gasteiger partial charge in [-0.3, -0.25) is 13.7 Å². The second kappa shape index (κ2) is 11.1. The Kier molecular flexibility index (Phi) is 8.36. The number of hydrogen-bond donors (Lipinski definition) is 4. The molecule has 0 unspecified atom stereocenters. The van der Waals surface area contributed by atoms with Crippen LogP contribution in [0, 0.1) is 6.92 Å². The van der Waals surface area contributed by atoms with Gasteiger partial charge in [0.15, 0.2) is 5.82 Å². The monoisotopic (exact) mass is 691 g/mol. The lowest BCUT2D eigenvalue weighted by Crippen LogP contribution is -2.08. The number of benzene rings is 3. The molecule has 21 heteroatoms. The standard InChI is InChI=1S/C22H18ClN5O11S4/c1-11-20(23)21(26-22(24-11)40(2,29)30)25-12-3-5-13(6-4-12)27-28-14-7-16-17(18(8-14)42(34,35)36)9-15(41(31,32)33)10-19(16)43(37,38)39/h3-10H,1-2H3,(H,24,25,26)(H,31,32,33)(H,34,35,36)(H,37,38,39). The number of azo groups is 1. The van der Waals surface area contributed by atoms with Crippen molar-refractivity contribution in [2.45, 2.75) is 26.8 Å². The van der Waals surface area contributed by atoms with Crippen molar-refractivity contribution in [1.82, 2.24) is 9.97 Å². The molecule has 4 aromatic rings. The predicted octanol–water partition coefficient (Wildman–Crippen LogP) is 3.89. The Bertz CT molecular complexity index is 2280. The summed E-state index contributed by atoms with van der Waals surface area (Å²) in [6, 6.07) is 8.54. The van der Waals surface area contributed by atoms with Gasteiger partial charge in [-0.05, 0) is 55.5 Å². The van der Waals surface area contributed by atoms with Crippen molar-refractivity contribution >= 4 is 85.4 Å². The summed E-state index contributed by atoms with van der Waals surface area (Å²) in [5, 5.41) is 9.06. The number of rotatable bonds is 8. The average molecular weight is 692 g/mol. The molecule has 0 bridgehead atoms. The van der Waals surface area contributed by atoms with E-state index in [1.54, 1.807) is 0 Å². The van der Waals surface area contributed by atoms with Crippen LogP contribution in [0.4, 0.5) is 22.9 Å². The van der Waals surface area contributed by atoms with Gasteiger partial charge in [-0.25, -0.2) is 13.4 Å². The zero-order chi connectivity index (χ0) is 32.1. The van der Waals surface area contributed by atoms with Crippen LogP contribution in [-0.2, 0) is 40.2 Å². The summed E-state index contributed by atoms with van der Waals surface area (Å²) in [5.41, 5.74) is 0.460. The maximum Gasteiger partial charge on any atom is 0.295 e. The van der Waals surface area contributed by atoms with Crippen LogP contribution in [-0.4, -0.2) is 63.6 Å². The third-order valence-electron chi connectivity index (χ3n) is 5.54. The van der Waals surface area contributed by atoms with Gasteiger partial charge in [-0.2, -0.15) is 40.5 Å². The SMILES string of the molecule is Cc1nc(S(C)(=O)=O)nc(Nc2ccc(N=Nc3cc(S(=O)(=O)O)c4cc(S(=O)(=O)O)cc(S(=O)(=O)O)c4c3)cc2)c1Cl. The van der Waals surface area contributed by atoms with Crippen LogP contribution in [0.25, 0.3) is 10.8 Å². The highest BCUT2D eigenvalue weighted by molar-refractivity contribution is 7.90. The number of nitrogens with one attached hydrogen (secondary N) is 1. The van der Waals surface area contributed by atoms with Crippen LogP contribution in [0.2, 0.25) is 5.02 Å². The van der Waals surface area contributed by atoms with Gasteiger partial charge < -0.3 is 5.32 Å². The van der Waals surface area contributed by atoms with Crippen molar-refractivity contribution < 1.29 is 47.3 Å². The van der Waals surface area contributed by atoms with Crippen molar-refractivity contribution in [3.05, 3.63) is 59.2 Å². The van der Waals surface area contributed by atoms with E-state index in [9.17, 15) is 47.3 Å². The quantitative estimate of drug-likeness (QED) is 0.116. The Labute approximate surface area is 249 Å². The second-order valence-electron chi connectivity index (χ2n) is 8.78. The fourth-order valence-electron chi connectivity index (χ4n) is 3.64. The lowest BCUT2D eigenvalue weighted by atomic mass is 10.1. The summed E-state index contributed by atoms with van der Waals surface area (Å²) < 4.78 is 124. The van der Waals surface area contributed by atoms with Gasteiger partial charge in [0.1, 0.15) is 14.8 Å². The molecule has 16 nitrogen and oxygen atoms in total. The third-order valence-corrected chi connectivity index (χ3v) is 9.46. The van der Waals surface area contributed by atoms with E-state index in [0.717, 1.165) is 18.4 Å². The minimum Gasteiger partial charge on any atom is -0.339 e. The fraction of sp³-hybridized carbons (Fsp3) is 0.0909. The first-order valence-electron chi connectivity index (χ1n) is 11.2. The van der Waals surface area contributed by atoms with E-state index in [1.165, 1.54) is 31.2 Å². The van der Waals surface area contributed by atoms with Gasteiger partial charge in [0.2, 0.25) is 15.0 Å². The number of halogens is 1. The molecular weight excluding hydrogens is 674 g/mol. The summed E-state index contributed by atoms with van der Waals surface area (Å²) in [5.74, 6) is 0.0182. The molecule has 1 heterocycles. The molecule has 0 atom stereocenters. The number of anilines is 2. The van der Waals surface area contributed by atoms with E-state index in [0.29, 0.717) is 17.8 Å². The third kappa shape index (κ3) is 7.30. The van der Waals surface area contributed by atoms with Crippen LogP contribution in [0.5, 0.6) is 0 Å². The smallest absolute Gasteiger partial charge is 0.295 e. The second-order valence-corrected chi connectivity index (χ2v) is 15.3. The molecule has 0 saturated heterocycles. The highest BCUT2D eigenvalue weighted by atomic mass is 35.5. The number of aromatic nitrogens is 2. The number of hydrogen-bond acceptors (Lipinski definition) is 13. The first-order valence-corrected chi connectivity index (χ1v) is 17.8. The molecule has 0 spiro atoms. The lowest BCUT2D eigenvalue weighted by Gasteiger charge is -2.11. The van der Waals surface area contributed by atoms with Gasteiger partial charge in [0.05, 0.1) is 22.0 Å². The van der Waals surface area contributed by atoms with E-state index >= 15 is 0 Å². The Balaban J connectivity index is 1.75. The number of sulfone groups is 1. The Morgan fingerprint density at radius 1 is 0.721 bits per heavy atom. The van der Waals surface area contributed by atoms with E-state index < -0.39 is 70.8 Å². The molecule has 0 aliphatic heterocycles. The molecule has 0 amide bonds. The molecule has 1 aromatic heterocycles. The Morgan fingerprint density at radius 3 is 1.79 bits per heavy atom. The number of nitrogens with zero attached hydrogens (tertiary/aromatic N) is 4. The van der Waals surface area contributed by atoms with Crippen LogP contribution in [0.3, 0.4) is 0 Å². The van der Waals surface area contributed by atoms with E-state index in [1.807, 2.05) is 0 Å². The van der Waals surface area contributed by atoms with Crippen LogP contribution < -0.4 is 5.32 Å². The Morgan fingerprint density at radius 2 is 1.26 bits per heavy atom. The fourth-order valence-corrected chi connectivity index (χ4v) is 6.37. The lowest BCUT2D eigenvalue weighted by molar-refractivity contribution is 0.478. The van der Waals surface area contributed by atoms with Crippen LogP contribution in [0.1, 0.15) is 5.69 Å². The molecule has 4 N–H and O–H groups in total. The molecule has 0 fully saturated rings. The zero-order valence-electron chi connectivity index (χ0n) is 21.5. The van der Waals surface area contributed by atoms with Crippen molar-refractivity contribution in [3.63, 3.8) is 0 Å². The van der Waals surface area contributed by atoms with Gasteiger partial charge in [-0.15, -0.1) is 0 Å². The minimum absolute atomic E-state index is 0.0182. The first kappa shape index (κ1) is 32.3. The molecule has 0 radical (unpaired) electrons. The summed E-state index contributed by atoms with van der Waals surface area (Å²) in [4.78, 5) is 4.64. The van der Waals surface area contributed by atoms with Crippen LogP contribution >= 0.6 is 11.6 Å². The first-order chi connectivity index (χ1) is 19.6. The van der Waals surface area contributed by atoms with Gasteiger partial charge in [0, 0.05) is 22.7 Å². The van der Waals surface area contributed by atoms with Crippen molar-refractivity contribution in [2.24, 2.45) is 10.2 Å². The van der Waals surface area contributed by atoms with Gasteiger partial charge in [0.25, 0.3) is 30.4 Å². The molecule has 3 aromatic carbocycles. The zero-order valence-corrected chi connectivity index (χ0v) is 25.5. The molecule has 43 heavy (non-hydrogen) atoms. The van der Waals surface area contributed by atoms with E-state index in [2.05, 4.69) is 25.5 Å². The topological polar surface area (TPSA) is 260 Å². The normalized spacial score (nSPS) is 13.1. The number of aryl methyl sites for hydroxylation is 1. The molecular formula is C22H18ClN5O11S4. The highest BCUT2D eigenvalue weighted by Gasteiger charge is 2.25.